The van der Waals surface area contributed by atoms with Crippen molar-refractivity contribution >= 4 is 0 Å². The largest absolute Gasteiger partial charge is 0.387 e. The van der Waals surface area contributed by atoms with E-state index in [0.717, 1.165) is 18.7 Å². The molecule has 1 saturated heterocycles. The van der Waals surface area contributed by atoms with Crippen LogP contribution in [0.15, 0.2) is 18.2 Å². The summed E-state index contributed by atoms with van der Waals surface area (Å²) in [7, 11) is 0. The van der Waals surface area contributed by atoms with Crippen molar-refractivity contribution < 1.29 is 5.11 Å². The van der Waals surface area contributed by atoms with Crippen LogP contribution in [-0.4, -0.2) is 29.1 Å². The van der Waals surface area contributed by atoms with Crippen molar-refractivity contribution in [3.05, 3.63) is 34.9 Å². The maximum Gasteiger partial charge on any atom is 0.0917 e. The van der Waals surface area contributed by atoms with Gasteiger partial charge in [0.2, 0.25) is 0 Å². The predicted octanol–water partition coefficient (Wildman–Crippen LogP) is 2.82. The van der Waals surface area contributed by atoms with E-state index >= 15 is 0 Å². The van der Waals surface area contributed by atoms with Gasteiger partial charge in [-0.15, -0.1) is 0 Å². The van der Waals surface area contributed by atoms with E-state index in [9.17, 15) is 5.11 Å². The fourth-order valence-electron chi connectivity index (χ4n) is 2.56. The van der Waals surface area contributed by atoms with E-state index in [1.165, 1.54) is 24.0 Å². The van der Waals surface area contributed by atoms with Crippen molar-refractivity contribution in [2.24, 2.45) is 0 Å². The second-order valence-electron chi connectivity index (χ2n) is 5.35. The molecule has 0 amide bonds. The molecule has 2 rings (SSSR count). The summed E-state index contributed by atoms with van der Waals surface area (Å²) in [6.45, 7) is 8.35. The van der Waals surface area contributed by atoms with Crippen LogP contribution >= 0.6 is 0 Å². The molecular formula is C15H23NO. The van der Waals surface area contributed by atoms with Crippen LogP contribution in [0.2, 0.25) is 0 Å². The second kappa shape index (κ2) is 5.19. The lowest BCUT2D eigenvalue weighted by Gasteiger charge is -2.24. The van der Waals surface area contributed by atoms with Gasteiger partial charge in [0.15, 0.2) is 0 Å². The van der Waals surface area contributed by atoms with Crippen LogP contribution in [0, 0.1) is 13.8 Å². The third-order valence-electron chi connectivity index (χ3n) is 4.01. The topological polar surface area (TPSA) is 23.5 Å². The molecule has 0 spiro atoms. The van der Waals surface area contributed by atoms with E-state index in [2.05, 4.69) is 37.8 Å². The quantitative estimate of drug-likeness (QED) is 0.867. The van der Waals surface area contributed by atoms with Crippen molar-refractivity contribution in [3.8, 4) is 0 Å². The molecule has 0 aliphatic carbocycles. The molecule has 1 aromatic carbocycles. The molecule has 0 saturated carbocycles. The number of likely N-dealkylation sites (tertiary alicyclic amines) is 1. The van der Waals surface area contributed by atoms with Gasteiger partial charge in [-0.3, -0.25) is 4.90 Å². The molecule has 17 heavy (non-hydrogen) atoms. The van der Waals surface area contributed by atoms with Gasteiger partial charge in [0.05, 0.1) is 6.10 Å². The third-order valence-corrected chi connectivity index (χ3v) is 4.01. The van der Waals surface area contributed by atoms with Gasteiger partial charge >= 0.3 is 0 Å². The van der Waals surface area contributed by atoms with Gasteiger partial charge in [-0.2, -0.15) is 0 Å². The number of benzene rings is 1. The number of rotatable bonds is 3. The van der Waals surface area contributed by atoms with Crippen molar-refractivity contribution in [2.75, 3.05) is 13.1 Å². The Labute approximate surface area is 104 Å². The molecule has 0 radical (unpaired) electrons. The Kier molecular flexibility index (Phi) is 3.85. The summed E-state index contributed by atoms with van der Waals surface area (Å²) in [4.78, 5) is 2.39. The first-order valence-electron chi connectivity index (χ1n) is 6.57. The van der Waals surface area contributed by atoms with Crippen LogP contribution in [0.5, 0.6) is 0 Å². The van der Waals surface area contributed by atoms with Crippen LogP contribution < -0.4 is 0 Å². The van der Waals surface area contributed by atoms with E-state index in [1.807, 2.05) is 6.07 Å². The lowest BCUT2D eigenvalue weighted by molar-refractivity contribution is 0.110. The Bertz CT molecular complexity index is 389. The molecule has 1 heterocycles. The van der Waals surface area contributed by atoms with Gasteiger partial charge in [-0.05, 0) is 56.8 Å². The minimum absolute atomic E-state index is 0.352. The molecule has 2 unspecified atom stereocenters. The maximum absolute atomic E-state index is 10.3. The summed E-state index contributed by atoms with van der Waals surface area (Å²) in [5, 5.41) is 10.3. The van der Waals surface area contributed by atoms with Crippen LogP contribution in [-0.2, 0) is 0 Å². The van der Waals surface area contributed by atoms with Crippen molar-refractivity contribution in [1.29, 1.82) is 0 Å². The Morgan fingerprint density at radius 2 is 2.12 bits per heavy atom. The average Bonchev–Trinajstić information content (AvgIpc) is 2.68. The van der Waals surface area contributed by atoms with Crippen LogP contribution in [0.1, 0.15) is 42.6 Å². The SMILES string of the molecule is Cc1ccc(C(O)CN2CCCC2C)cc1C. The number of nitrogens with zero attached hydrogens (tertiary/aromatic N) is 1. The zero-order chi connectivity index (χ0) is 12.4. The van der Waals surface area contributed by atoms with E-state index in [0.29, 0.717) is 6.04 Å². The molecule has 0 aromatic heterocycles. The molecule has 0 bridgehead atoms. The molecule has 2 heteroatoms. The normalized spacial score (nSPS) is 22.9. The summed E-state index contributed by atoms with van der Waals surface area (Å²) in [5.74, 6) is 0. The molecule has 94 valence electrons. The monoisotopic (exact) mass is 233 g/mol. The first kappa shape index (κ1) is 12.6. The van der Waals surface area contributed by atoms with Gasteiger partial charge < -0.3 is 5.11 Å². The summed E-state index contributed by atoms with van der Waals surface area (Å²) < 4.78 is 0. The highest BCUT2D eigenvalue weighted by molar-refractivity contribution is 5.31. The van der Waals surface area contributed by atoms with Crippen molar-refractivity contribution in [1.82, 2.24) is 4.90 Å². The fourth-order valence-corrected chi connectivity index (χ4v) is 2.56. The number of hydrogen-bond donors (Lipinski definition) is 1. The van der Waals surface area contributed by atoms with Gasteiger partial charge in [0.25, 0.3) is 0 Å². The summed E-state index contributed by atoms with van der Waals surface area (Å²) >= 11 is 0. The highest BCUT2D eigenvalue weighted by atomic mass is 16.3. The van der Waals surface area contributed by atoms with Crippen molar-refractivity contribution in [2.45, 2.75) is 45.8 Å². The van der Waals surface area contributed by atoms with Gasteiger partial charge in [-0.1, -0.05) is 18.2 Å². The molecule has 2 nitrogen and oxygen atoms in total. The molecule has 2 atom stereocenters. The number of β-amino-alcohol motifs (C(OH)–C–C–N with tert-alkyl or cyclic N) is 1. The molecule has 1 N–H and O–H groups in total. The predicted molar refractivity (Wildman–Crippen MR) is 71.1 cm³/mol. The number of aliphatic hydroxyl groups excluding tert-OH is 1. The lowest BCUT2D eigenvalue weighted by Crippen LogP contribution is -2.31. The highest BCUT2D eigenvalue weighted by Crippen LogP contribution is 2.22. The van der Waals surface area contributed by atoms with E-state index in [-0.39, 0.29) is 6.10 Å². The third kappa shape index (κ3) is 2.88. The zero-order valence-electron chi connectivity index (χ0n) is 11.1. The molecule has 1 aliphatic heterocycles. The maximum atomic E-state index is 10.3. The minimum Gasteiger partial charge on any atom is -0.387 e. The van der Waals surface area contributed by atoms with Gasteiger partial charge in [-0.25, -0.2) is 0 Å². The molecule has 1 aromatic rings. The van der Waals surface area contributed by atoms with E-state index in [4.69, 9.17) is 0 Å². The number of aliphatic hydroxyl groups is 1. The Morgan fingerprint density at radius 1 is 1.35 bits per heavy atom. The van der Waals surface area contributed by atoms with Gasteiger partial charge in [0.1, 0.15) is 0 Å². The summed E-state index contributed by atoms with van der Waals surface area (Å²) in [6.07, 6.45) is 2.18. The number of hydrogen-bond acceptors (Lipinski definition) is 2. The molecule has 1 aliphatic rings. The summed E-state index contributed by atoms with van der Waals surface area (Å²) in [5.41, 5.74) is 3.60. The molecule has 1 fully saturated rings. The smallest absolute Gasteiger partial charge is 0.0917 e. The van der Waals surface area contributed by atoms with E-state index < -0.39 is 0 Å². The first-order chi connectivity index (χ1) is 8.08. The molecular weight excluding hydrogens is 210 g/mol. The van der Waals surface area contributed by atoms with Crippen LogP contribution in [0.25, 0.3) is 0 Å². The minimum atomic E-state index is -0.352. The van der Waals surface area contributed by atoms with Crippen molar-refractivity contribution in [3.63, 3.8) is 0 Å². The average molecular weight is 233 g/mol. The number of aryl methyl sites for hydroxylation is 2. The summed E-state index contributed by atoms with van der Waals surface area (Å²) in [6, 6.07) is 6.88. The van der Waals surface area contributed by atoms with Crippen LogP contribution in [0.3, 0.4) is 0 Å². The van der Waals surface area contributed by atoms with E-state index in [1.54, 1.807) is 0 Å². The highest BCUT2D eigenvalue weighted by Gasteiger charge is 2.23. The van der Waals surface area contributed by atoms with Crippen LogP contribution in [0.4, 0.5) is 0 Å². The first-order valence-corrected chi connectivity index (χ1v) is 6.57. The second-order valence-corrected chi connectivity index (χ2v) is 5.35. The Morgan fingerprint density at radius 3 is 2.71 bits per heavy atom. The lowest BCUT2D eigenvalue weighted by atomic mass is 10.0. The Balaban J connectivity index is 2.03. The Hall–Kier alpha value is -0.860. The standard InChI is InChI=1S/C15H23NO/c1-11-6-7-14(9-12(11)2)15(17)10-16-8-4-5-13(16)3/h6-7,9,13,15,17H,4-5,8,10H2,1-3H3. The zero-order valence-corrected chi connectivity index (χ0v) is 11.1. The fraction of sp³-hybridized carbons (Fsp3) is 0.600. The van der Waals surface area contributed by atoms with Gasteiger partial charge in [0, 0.05) is 12.6 Å².